The van der Waals surface area contributed by atoms with E-state index in [2.05, 4.69) is 35.2 Å². The number of alkyl halides is 3. The summed E-state index contributed by atoms with van der Waals surface area (Å²) >= 11 is 0. The maximum absolute atomic E-state index is 12.7. The summed E-state index contributed by atoms with van der Waals surface area (Å²) in [5.74, 6) is 0.00679. The molecule has 3 rings (SSSR count). The van der Waals surface area contributed by atoms with Gasteiger partial charge in [0.1, 0.15) is 5.69 Å². The zero-order chi connectivity index (χ0) is 16.0. The second kappa shape index (κ2) is 4.97. The number of nitrogens with zero attached hydrogens (tertiary/aromatic N) is 2. The van der Waals surface area contributed by atoms with Gasteiger partial charge in [-0.05, 0) is 29.0 Å². The first-order valence-electron chi connectivity index (χ1n) is 7.03. The van der Waals surface area contributed by atoms with Crippen LogP contribution in [0.25, 0.3) is 0 Å². The van der Waals surface area contributed by atoms with Gasteiger partial charge in [-0.15, -0.1) is 0 Å². The molecule has 1 aliphatic carbocycles. The van der Waals surface area contributed by atoms with Gasteiger partial charge >= 0.3 is 6.18 Å². The van der Waals surface area contributed by atoms with Crippen LogP contribution in [-0.2, 0) is 11.6 Å². The minimum Gasteiger partial charge on any atom is -0.347 e. The Bertz CT molecular complexity index is 695. The van der Waals surface area contributed by atoms with Crippen LogP contribution in [0.15, 0.2) is 36.5 Å². The Morgan fingerprint density at radius 3 is 2.64 bits per heavy atom. The zero-order valence-corrected chi connectivity index (χ0v) is 12.3. The van der Waals surface area contributed by atoms with Gasteiger partial charge in [0.15, 0.2) is 0 Å². The molecule has 1 aromatic heterocycles. The number of benzene rings is 1. The average molecular weight is 307 g/mol. The minimum absolute atomic E-state index is 0.00679. The third-order valence-electron chi connectivity index (χ3n) is 4.03. The number of aromatic nitrogens is 2. The Kier molecular flexibility index (Phi) is 3.34. The van der Waals surface area contributed by atoms with E-state index in [-0.39, 0.29) is 17.4 Å². The highest BCUT2D eigenvalue weighted by atomic mass is 19.4. The van der Waals surface area contributed by atoms with E-state index in [9.17, 15) is 13.2 Å². The van der Waals surface area contributed by atoms with Crippen molar-refractivity contribution in [2.45, 2.75) is 37.9 Å². The van der Waals surface area contributed by atoms with E-state index >= 15 is 0 Å². The number of nitrogens with one attached hydrogen (secondary N) is 1. The Labute approximate surface area is 126 Å². The lowest BCUT2D eigenvalue weighted by Crippen LogP contribution is -2.16. The molecule has 1 atom stereocenters. The first-order valence-corrected chi connectivity index (χ1v) is 7.03. The molecule has 0 saturated heterocycles. The van der Waals surface area contributed by atoms with Gasteiger partial charge in [0, 0.05) is 6.20 Å². The van der Waals surface area contributed by atoms with E-state index < -0.39 is 11.9 Å². The van der Waals surface area contributed by atoms with Gasteiger partial charge in [0.05, 0.1) is 6.04 Å². The lowest BCUT2D eigenvalue weighted by Gasteiger charge is -2.19. The summed E-state index contributed by atoms with van der Waals surface area (Å²) in [4.78, 5) is 7.50. The standard InChI is InChI=1S/C16H16F3N3/c1-15(2)9-12(10-5-3-4-6-11(10)15)21-14-20-8-7-13(22-14)16(17,18)19/h3-8,12H,9H2,1-2H3,(H,20,21,22). The number of fused-ring (bicyclic) bond motifs is 1. The fourth-order valence-corrected chi connectivity index (χ4v) is 3.02. The van der Waals surface area contributed by atoms with Crippen LogP contribution in [0.1, 0.15) is 43.1 Å². The van der Waals surface area contributed by atoms with Crippen LogP contribution < -0.4 is 5.32 Å². The molecule has 6 heteroatoms. The van der Waals surface area contributed by atoms with E-state index in [0.717, 1.165) is 24.2 Å². The fraction of sp³-hybridized carbons (Fsp3) is 0.375. The molecule has 0 amide bonds. The molecular formula is C16H16F3N3. The number of halogens is 3. The topological polar surface area (TPSA) is 37.8 Å². The maximum atomic E-state index is 12.7. The lowest BCUT2D eigenvalue weighted by atomic mass is 9.86. The summed E-state index contributed by atoms with van der Waals surface area (Å²) in [5, 5.41) is 3.04. The van der Waals surface area contributed by atoms with Gasteiger partial charge < -0.3 is 5.32 Å². The van der Waals surface area contributed by atoms with E-state index in [1.165, 1.54) is 5.56 Å². The normalized spacial score (nSPS) is 19.8. The molecule has 116 valence electrons. The van der Waals surface area contributed by atoms with Crippen LogP contribution in [0.5, 0.6) is 0 Å². The van der Waals surface area contributed by atoms with Crippen LogP contribution in [-0.4, -0.2) is 9.97 Å². The molecule has 1 heterocycles. The largest absolute Gasteiger partial charge is 0.433 e. The molecule has 0 radical (unpaired) electrons. The summed E-state index contributed by atoms with van der Waals surface area (Å²) in [6.45, 7) is 4.25. The van der Waals surface area contributed by atoms with Crippen LogP contribution in [0, 0.1) is 0 Å². The molecule has 0 saturated carbocycles. The van der Waals surface area contributed by atoms with Gasteiger partial charge in [0.25, 0.3) is 0 Å². The summed E-state index contributed by atoms with van der Waals surface area (Å²) in [6.07, 6.45) is -2.55. The molecule has 1 N–H and O–H groups in total. The Morgan fingerprint density at radius 2 is 1.91 bits per heavy atom. The second-order valence-electron chi connectivity index (χ2n) is 6.14. The highest BCUT2D eigenvalue weighted by Crippen LogP contribution is 2.45. The van der Waals surface area contributed by atoms with Crippen LogP contribution in [0.2, 0.25) is 0 Å². The van der Waals surface area contributed by atoms with Gasteiger partial charge in [-0.1, -0.05) is 38.1 Å². The van der Waals surface area contributed by atoms with Crippen molar-refractivity contribution in [1.82, 2.24) is 9.97 Å². The summed E-state index contributed by atoms with van der Waals surface area (Å²) < 4.78 is 38.2. The molecule has 0 spiro atoms. The van der Waals surface area contributed by atoms with Crippen molar-refractivity contribution >= 4 is 5.95 Å². The van der Waals surface area contributed by atoms with Crippen LogP contribution in [0.3, 0.4) is 0 Å². The molecule has 0 aliphatic heterocycles. The highest BCUT2D eigenvalue weighted by Gasteiger charge is 2.37. The third-order valence-corrected chi connectivity index (χ3v) is 4.03. The molecule has 22 heavy (non-hydrogen) atoms. The molecule has 1 aliphatic rings. The number of anilines is 1. The third kappa shape index (κ3) is 2.65. The second-order valence-corrected chi connectivity index (χ2v) is 6.14. The van der Waals surface area contributed by atoms with Crippen molar-refractivity contribution < 1.29 is 13.2 Å². The zero-order valence-electron chi connectivity index (χ0n) is 12.3. The van der Waals surface area contributed by atoms with Crippen molar-refractivity contribution in [3.05, 3.63) is 53.3 Å². The van der Waals surface area contributed by atoms with Crippen LogP contribution in [0.4, 0.5) is 19.1 Å². The highest BCUT2D eigenvalue weighted by molar-refractivity contribution is 5.45. The van der Waals surface area contributed by atoms with E-state index in [0.29, 0.717) is 0 Å². The fourth-order valence-electron chi connectivity index (χ4n) is 3.02. The van der Waals surface area contributed by atoms with Crippen molar-refractivity contribution in [2.75, 3.05) is 5.32 Å². The van der Waals surface area contributed by atoms with Gasteiger partial charge in [-0.3, -0.25) is 0 Å². The van der Waals surface area contributed by atoms with Crippen LogP contribution >= 0.6 is 0 Å². The Morgan fingerprint density at radius 1 is 1.18 bits per heavy atom. The molecular weight excluding hydrogens is 291 g/mol. The molecule has 3 nitrogen and oxygen atoms in total. The van der Waals surface area contributed by atoms with E-state index in [4.69, 9.17) is 0 Å². The van der Waals surface area contributed by atoms with Crippen molar-refractivity contribution in [2.24, 2.45) is 0 Å². The maximum Gasteiger partial charge on any atom is 0.433 e. The van der Waals surface area contributed by atoms with Crippen molar-refractivity contribution in [3.8, 4) is 0 Å². The Hall–Kier alpha value is -2.11. The summed E-state index contributed by atoms with van der Waals surface area (Å²) in [5.41, 5.74) is 1.33. The average Bonchev–Trinajstić information content (AvgIpc) is 2.70. The number of rotatable bonds is 2. The van der Waals surface area contributed by atoms with Crippen molar-refractivity contribution in [3.63, 3.8) is 0 Å². The quantitative estimate of drug-likeness (QED) is 0.897. The SMILES string of the molecule is CC1(C)CC(Nc2nccc(C(F)(F)F)n2)c2ccccc21. The molecule has 1 unspecified atom stereocenters. The number of hydrogen-bond donors (Lipinski definition) is 1. The smallest absolute Gasteiger partial charge is 0.347 e. The summed E-state index contributed by atoms with van der Waals surface area (Å²) in [7, 11) is 0. The molecule has 0 fully saturated rings. The molecule has 0 bridgehead atoms. The summed E-state index contributed by atoms with van der Waals surface area (Å²) in [6, 6.07) is 8.75. The number of hydrogen-bond acceptors (Lipinski definition) is 3. The first kappa shape index (κ1) is 14.8. The van der Waals surface area contributed by atoms with Gasteiger partial charge in [-0.25, -0.2) is 9.97 Å². The van der Waals surface area contributed by atoms with Crippen molar-refractivity contribution in [1.29, 1.82) is 0 Å². The molecule has 1 aromatic carbocycles. The van der Waals surface area contributed by atoms with E-state index in [1.807, 2.05) is 18.2 Å². The first-order chi connectivity index (χ1) is 10.3. The minimum atomic E-state index is -4.47. The Balaban J connectivity index is 1.89. The predicted octanol–water partition coefficient (Wildman–Crippen LogP) is 4.33. The van der Waals surface area contributed by atoms with Gasteiger partial charge in [-0.2, -0.15) is 13.2 Å². The van der Waals surface area contributed by atoms with Gasteiger partial charge in [0.2, 0.25) is 5.95 Å². The predicted molar refractivity (Wildman–Crippen MR) is 77.5 cm³/mol. The van der Waals surface area contributed by atoms with E-state index in [1.54, 1.807) is 0 Å². The lowest BCUT2D eigenvalue weighted by molar-refractivity contribution is -0.141. The molecule has 2 aromatic rings. The monoisotopic (exact) mass is 307 g/mol.